The molecule has 6 heteroatoms. The van der Waals surface area contributed by atoms with Crippen LogP contribution in [0.1, 0.15) is 28.5 Å². The largest absolute Gasteiger partial charge is 0.370 e. The Morgan fingerprint density at radius 3 is 2.26 bits per heavy atom. The molecule has 2 fully saturated rings. The molecular formula is C21H24N4O2. The molecule has 2 N–H and O–H groups in total. The first kappa shape index (κ1) is 17.7. The SMILES string of the molecule is NC(=O)C[C@@H](c1ccccc1)N1CC2CN(C(=O)c3ccccn3)CC2C1. The maximum Gasteiger partial charge on any atom is 0.272 e. The van der Waals surface area contributed by atoms with E-state index in [1.54, 1.807) is 12.3 Å². The van der Waals surface area contributed by atoms with Gasteiger partial charge in [0.1, 0.15) is 5.69 Å². The highest BCUT2D eigenvalue weighted by Crippen LogP contribution is 2.37. The van der Waals surface area contributed by atoms with Gasteiger partial charge in [0.25, 0.3) is 5.91 Å². The van der Waals surface area contributed by atoms with Crippen molar-refractivity contribution in [2.75, 3.05) is 26.2 Å². The number of pyridine rings is 1. The van der Waals surface area contributed by atoms with Gasteiger partial charge in [0, 0.05) is 44.8 Å². The summed E-state index contributed by atoms with van der Waals surface area (Å²) in [5.74, 6) is 0.578. The lowest BCUT2D eigenvalue weighted by atomic mass is 10.0. The summed E-state index contributed by atoms with van der Waals surface area (Å²) < 4.78 is 0. The quantitative estimate of drug-likeness (QED) is 0.876. The van der Waals surface area contributed by atoms with Gasteiger partial charge in [-0.2, -0.15) is 0 Å². The molecule has 0 bridgehead atoms. The van der Waals surface area contributed by atoms with Gasteiger partial charge < -0.3 is 10.6 Å². The minimum atomic E-state index is -0.284. The van der Waals surface area contributed by atoms with Crippen molar-refractivity contribution in [1.82, 2.24) is 14.8 Å². The van der Waals surface area contributed by atoms with Crippen molar-refractivity contribution >= 4 is 11.8 Å². The minimum absolute atomic E-state index is 0.00768. The normalized spacial score (nSPS) is 23.2. The fraction of sp³-hybridized carbons (Fsp3) is 0.381. The highest BCUT2D eigenvalue weighted by molar-refractivity contribution is 5.92. The number of aromatic nitrogens is 1. The van der Waals surface area contributed by atoms with Crippen LogP contribution in [-0.4, -0.2) is 52.8 Å². The van der Waals surface area contributed by atoms with E-state index in [1.807, 2.05) is 35.2 Å². The van der Waals surface area contributed by atoms with Crippen molar-refractivity contribution in [3.8, 4) is 0 Å². The summed E-state index contributed by atoms with van der Waals surface area (Å²) in [5, 5.41) is 0. The van der Waals surface area contributed by atoms with E-state index in [4.69, 9.17) is 5.73 Å². The third-order valence-corrected chi connectivity index (χ3v) is 5.71. The first-order valence-electron chi connectivity index (χ1n) is 9.39. The molecule has 140 valence electrons. The maximum absolute atomic E-state index is 12.6. The van der Waals surface area contributed by atoms with Crippen molar-refractivity contribution in [3.05, 3.63) is 66.0 Å². The first-order valence-corrected chi connectivity index (χ1v) is 9.39. The van der Waals surface area contributed by atoms with Crippen LogP contribution < -0.4 is 5.73 Å². The summed E-state index contributed by atoms with van der Waals surface area (Å²) in [6.07, 6.45) is 1.97. The van der Waals surface area contributed by atoms with Crippen LogP contribution in [0, 0.1) is 11.8 Å². The molecule has 1 aromatic carbocycles. The van der Waals surface area contributed by atoms with Gasteiger partial charge in [-0.25, -0.2) is 0 Å². The molecular weight excluding hydrogens is 340 g/mol. The molecule has 2 aromatic rings. The third kappa shape index (κ3) is 3.71. The van der Waals surface area contributed by atoms with Gasteiger partial charge in [-0.15, -0.1) is 0 Å². The molecule has 0 radical (unpaired) electrons. The molecule has 2 unspecified atom stereocenters. The van der Waals surface area contributed by atoms with Gasteiger partial charge in [0.05, 0.1) is 0 Å². The number of primary amides is 1. The molecule has 0 aliphatic carbocycles. The van der Waals surface area contributed by atoms with Crippen LogP contribution >= 0.6 is 0 Å². The maximum atomic E-state index is 12.6. The number of carbonyl (C=O) groups excluding carboxylic acids is 2. The second-order valence-corrected chi connectivity index (χ2v) is 7.50. The fourth-order valence-electron chi connectivity index (χ4n) is 4.42. The second kappa shape index (κ2) is 7.48. The van der Waals surface area contributed by atoms with Crippen LogP contribution in [0.25, 0.3) is 0 Å². The van der Waals surface area contributed by atoms with E-state index < -0.39 is 0 Å². The number of hydrogen-bond donors (Lipinski definition) is 1. The molecule has 0 spiro atoms. The molecule has 3 heterocycles. The number of likely N-dealkylation sites (tertiary alicyclic amines) is 2. The molecule has 6 nitrogen and oxygen atoms in total. The molecule has 27 heavy (non-hydrogen) atoms. The summed E-state index contributed by atoms with van der Waals surface area (Å²) >= 11 is 0. The Balaban J connectivity index is 1.44. The van der Waals surface area contributed by atoms with Crippen LogP contribution in [-0.2, 0) is 4.79 Å². The number of carbonyl (C=O) groups is 2. The van der Waals surface area contributed by atoms with Crippen molar-refractivity contribution in [1.29, 1.82) is 0 Å². The molecule has 2 amide bonds. The molecule has 2 aliphatic rings. The van der Waals surface area contributed by atoms with Crippen molar-refractivity contribution in [2.24, 2.45) is 17.6 Å². The number of nitrogens with two attached hydrogens (primary N) is 1. The molecule has 0 saturated carbocycles. The highest BCUT2D eigenvalue weighted by Gasteiger charge is 2.44. The molecule has 1 aromatic heterocycles. The summed E-state index contributed by atoms with van der Waals surface area (Å²) in [5.41, 5.74) is 7.14. The van der Waals surface area contributed by atoms with Crippen molar-refractivity contribution in [3.63, 3.8) is 0 Å². The average Bonchev–Trinajstić information content (AvgIpc) is 3.26. The van der Waals surface area contributed by atoms with E-state index in [2.05, 4.69) is 22.0 Å². The number of fused-ring (bicyclic) bond motifs is 1. The molecule has 2 saturated heterocycles. The van der Waals surface area contributed by atoms with Crippen LogP contribution in [0.4, 0.5) is 0 Å². The standard InChI is InChI=1S/C21H24N4O2/c22-20(26)10-19(15-6-2-1-3-7-15)24-11-16-13-25(14-17(16)12-24)21(27)18-8-4-5-9-23-18/h1-9,16-17,19H,10-14H2,(H2,22,26)/t16?,17?,19-/m0/s1. The van der Waals surface area contributed by atoms with Crippen molar-refractivity contribution < 1.29 is 9.59 Å². The Bertz CT molecular complexity index is 797. The Labute approximate surface area is 159 Å². The highest BCUT2D eigenvalue weighted by atomic mass is 16.2. The van der Waals surface area contributed by atoms with E-state index in [9.17, 15) is 9.59 Å². The van der Waals surface area contributed by atoms with Crippen LogP contribution in [0.15, 0.2) is 54.7 Å². The zero-order chi connectivity index (χ0) is 18.8. The Morgan fingerprint density at radius 2 is 1.67 bits per heavy atom. The predicted octanol–water partition coefficient (Wildman–Crippen LogP) is 1.70. The number of rotatable bonds is 5. The summed E-state index contributed by atoms with van der Waals surface area (Å²) in [6, 6.07) is 15.5. The molecule has 2 aliphatic heterocycles. The second-order valence-electron chi connectivity index (χ2n) is 7.50. The van der Waals surface area contributed by atoms with Crippen LogP contribution in [0.2, 0.25) is 0 Å². The zero-order valence-electron chi connectivity index (χ0n) is 15.2. The van der Waals surface area contributed by atoms with Crippen molar-refractivity contribution in [2.45, 2.75) is 12.5 Å². The number of hydrogen-bond acceptors (Lipinski definition) is 4. The summed E-state index contributed by atoms with van der Waals surface area (Å²) in [4.78, 5) is 32.7. The van der Waals surface area contributed by atoms with E-state index >= 15 is 0 Å². The van der Waals surface area contributed by atoms with E-state index in [0.29, 0.717) is 24.0 Å². The molecule has 3 atom stereocenters. The van der Waals surface area contributed by atoms with E-state index in [0.717, 1.165) is 31.7 Å². The first-order chi connectivity index (χ1) is 13.1. The minimum Gasteiger partial charge on any atom is -0.370 e. The smallest absolute Gasteiger partial charge is 0.272 e. The topological polar surface area (TPSA) is 79.5 Å². The van der Waals surface area contributed by atoms with Crippen LogP contribution in [0.3, 0.4) is 0 Å². The number of benzene rings is 1. The Hall–Kier alpha value is -2.73. The monoisotopic (exact) mass is 364 g/mol. The fourth-order valence-corrected chi connectivity index (χ4v) is 4.42. The lowest BCUT2D eigenvalue weighted by Crippen LogP contribution is -2.36. The van der Waals surface area contributed by atoms with Gasteiger partial charge in [-0.05, 0) is 29.5 Å². The number of nitrogens with zero attached hydrogens (tertiary/aromatic N) is 3. The van der Waals surface area contributed by atoms with E-state index in [1.165, 1.54) is 0 Å². The number of amides is 2. The summed E-state index contributed by atoms with van der Waals surface area (Å²) in [6.45, 7) is 3.25. The zero-order valence-corrected chi connectivity index (χ0v) is 15.2. The van der Waals surface area contributed by atoms with Gasteiger partial charge in [-0.3, -0.25) is 19.5 Å². The summed E-state index contributed by atoms with van der Waals surface area (Å²) in [7, 11) is 0. The predicted molar refractivity (Wildman–Crippen MR) is 102 cm³/mol. The Kier molecular flexibility index (Phi) is 4.90. The lowest BCUT2D eigenvalue weighted by Gasteiger charge is -2.29. The van der Waals surface area contributed by atoms with Gasteiger partial charge >= 0.3 is 0 Å². The van der Waals surface area contributed by atoms with Crippen LogP contribution in [0.5, 0.6) is 0 Å². The lowest BCUT2D eigenvalue weighted by molar-refractivity contribution is -0.119. The Morgan fingerprint density at radius 1 is 1.00 bits per heavy atom. The van der Waals surface area contributed by atoms with Gasteiger partial charge in [0.15, 0.2) is 0 Å². The van der Waals surface area contributed by atoms with Gasteiger partial charge in [0.2, 0.25) is 5.91 Å². The van der Waals surface area contributed by atoms with E-state index in [-0.39, 0.29) is 17.9 Å². The van der Waals surface area contributed by atoms with Gasteiger partial charge in [-0.1, -0.05) is 36.4 Å². The third-order valence-electron chi connectivity index (χ3n) is 5.71. The average molecular weight is 364 g/mol. The molecule has 4 rings (SSSR count).